The molecule has 0 saturated carbocycles. The molecule has 29 heavy (non-hydrogen) atoms. The number of nitrogens with zero attached hydrogens (tertiary/aromatic N) is 2. The topological polar surface area (TPSA) is 37.4 Å². The van der Waals surface area contributed by atoms with Crippen LogP contribution in [0.1, 0.15) is 11.3 Å². The third kappa shape index (κ3) is 4.15. The lowest BCUT2D eigenvalue weighted by Crippen LogP contribution is -2.51. The van der Waals surface area contributed by atoms with Crippen LogP contribution >= 0.6 is 0 Å². The van der Waals surface area contributed by atoms with Crippen LogP contribution in [0.3, 0.4) is 0 Å². The molecule has 7 heteroatoms. The van der Waals surface area contributed by atoms with Gasteiger partial charge < -0.3 is 15.0 Å². The number of halogens is 3. The number of piperazine rings is 1. The predicted octanol–water partition coefficient (Wildman–Crippen LogP) is 4.28. The number of anilines is 1. The standard InChI is InChI=1S/C22H22F3N3O/c1-29-19-9-8-18(17-7-10-20(22(23,24)25)27-21(17)19)28-12-11-26-16(14-28)13-15-5-3-2-4-6-15/h2-10,16,26H,11-14H2,1H3/t16-/m0/s1. The molecule has 1 aliphatic heterocycles. The largest absolute Gasteiger partial charge is 0.494 e. The second-order valence-corrected chi connectivity index (χ2v) is 7.16. The van der Waals surface area contributed by atoms with Gasteiger partial charge in [0.1, 0.15) is 17.0 Å². The molecule has 0 aliphatic carbocycles. The lowest BCUT2D eigenvalue weighted by atomic mass is 10.0. The number of fused-ring (bicyclic) bond motifs is 1. The first-order valence-electron chi connectivity index (χ1n) is 9.53. The van der Waals surface area contributed by atoms with E-state index in [2.05, 4.69) is 27.3 Å². The van der Waals surface area contributed by atoms with Gasteiger partial charge in [-0.1, -0.05) is 30.3 Å². The number of methoxy groups -OCH3 is 1. The summed E-state index contributed by atoms with van der Waals surface area (Å²) in [6.45, 7) is 2.34. The molecule has 2 heterocycles. The molecule has 4 rings (SSSR count). The minimum Gasteiger partial charge on any atom is -0.494 e. The summed E-state index contributed by atoms with van der Waals surface area (Å²) in [4.78, 5) is 6.08. The first kappa shape index (κ1) is 19.5. The SMILES string of the molecule is COc1ccc(N2CCN[C@@H](Cc3ccccc3)C2)c2ccc(C(F)(F)F)nc12. The van der Waals surface area contributed by atoms with Crippen molar-refractivity contribution >= 4 is 16.6 Å². The van der Waals surface area contributed by atoms with Crippen LogP contribution in [-0.4, -0.2) is 37.8 Å². The predicted molar refractivity (Wildman–Crippen MR) is 107 cm³/mol. The van der Waals surface area contributed by atoms with E-state index in [1.54, 1.807) is 6.07 Å². The molecule has 0 radical (unpaired) electrons. The fourth-order valence-electron chi connectivity index (χ4n) is 3.85. The van der Waals surface area contributed by atoms with Crippen molar-refractivity contribution < 1.29 is 17.9 Å². The molecule has 0 bridgehead atoms. The Labute approximate surface area is 167 Å². The third-order valence-corrected chi connectivity index (χ3v) is 5.23. The van der Waals surface area contributed by atoms with Gasteiger partial charge in [-0.05, 0) is 36.2 Å². The number of nitrogens with one attached hydrogen (secondary N) is 1. The lowest BCUT2D eigenvalue weighted by molar-refractivity contribution is -0.140. The Hall–Kier alpha value is -2.80. The molecule has 2 aromatic carbocycles. The van der Waals surface area contributed by atoms with E-state index in [1.807, 2.05) is 24.3 Å². The Morgan fingerprint density at radius 2 is 1.90 bits per heavy atom. The molecule has 3 aromatic rings. The van der Waals surface area contributed by atoms with Gasteiger partial charge in [0.2, 0.25) is 0 Å². The second kappa shape index (κ2) is 7.91. The molecular formula is C22H22F3N3O. The fourth-order valence-corrected chi connectivity index (χ4v) is 3.85. The summed E-state index contributed by atoms with van der Waals surface area (Å²) < 4.78 is 44.7. The molecule has 1 fully saturated rings. The second-order valence-electron chi connectivity index (χ2n) is 7.16. The van der Waals surface area contributed by atoms with E-state index in [4.69, 9.17) is 4.74 Å². The molecule has 152 valence electrons. The van der Waals surface area contributed by atoms with Crippen LogP contribution in [0.5, 0.6) is 5.75 Å². The van der Waals surface area contributed by atoms with Gasteiger partial charge in [-0.25, -0.2) is 4.98 Å². The monoisotopic (exact) mass is 401 g/mol. The van der Waals surface area contributed by atoms with Gasteiger partial charge in [-0.15, -0.1) is 0 Å². The van der Waals surface area contributed by atoms with Gasteiger partial charge in [0, 0.05) is 36.7 Å². The molecule has 0 unspecified atom stereocenters. The van der Waals surface area contributed by atoms with Crippen molar-refractivity contribution in [1.82, 2.24) is 10.3 Å². The zero-order valence-electron chi connectivity index (χ0n) is 16.0. The third-order valence-electron chi connectivity index (χ3n) is 5.23. The summed E-state index contributed by atoms with van der Waals surface area (Å²) in [5, 5.41) is 4.20. The number of aromatic nitrogens is 1. The maximum atomic E-state index is 13.1. The van der Waals surface area contributed by atoms with Crippen molar-refractivity contribution in [2.75, 3.05) is 31.6 Å². The minimum absolute atomic E-state index is 0.234. The molecule has 1 aromatic heterocycles. The fraction of sp³-hybridized carbons (Fsp3) is 0.318. The Morgan fingerprint density at radius 3 is 2.62 bits per heavy atom. The average Bonchev–Trinajstić information content (AvgIpc) is 2.73. The van der Waals surface area contributed by atoms with Crippen LogP contribution in [0.25, 0.3) is 10.9 Å². The Bertz CT molecular complexity index is 992. The maximum absolute atomic E-state index is 13.1. The Morgan fingerprint density at radius 1 is 1.10 bits per heavy atom. The average molecular weight is 401 g/mol. The van der Waals surface area contributed by atoms with E-state index >= 15 is 0 Å². The highest BCUT2D eigenvalue weighted by Gasteiger charge is 2.33. The highest BCUT2D eigenvalue weighted by molar-refractivity contribution is 5.96. The van der Waals surface area contributed by atoms with Crippen molar-refractivity contribution in [3.63, 3.8) is 0 Å². The number of ether oxygens (including phenoxy) is 1. The van der Waals surface area contributed by atoms with Crippen LogP contribution in [0.2, 0.25) is 0 Å². The van der Waals surface area contributed by atoms with Gasteiger partial charge in [-0.3, -0.25) is 0 Å². The molecule has 1 aliphatic rings. The summed E-state index contributed by atoms with van der Waals surface area (Å²) in [6.07, 6.45) is -3.60. The molecule has 4 nitrogen and oxygen atoms in total. The van der Waals surface area contributed by atoms with Gasteiger partial charge >= 0.3 is 6.18 Å². The number of rotatable bonds is 4. The zero-order chi connectivity index (χ0) is 20.4. The van der Waals surface area contributed by atoms with Gasteiger partial charge in [0.05, 0.1) is 7.11 Å². The summed E-state index contributed by atoms with van der Waals surface area (Å²) >= 11 is 0. The van der Waals surface area contributed by atoms with Gasteiger partial charge in [0.25, 0.3) is 0 Å². The highest BCUT2D eigenvalue weighted by Crippen LogP contribution is 2.36. The van der Waals surface area contributed by atoms with Crippen LogP contribution in [0.15, 0.2) is 54.6 Å². The first-order valence-corrected chi connectivity index (χ1v) is 9.53. The number of benzene rings is 2. The molecule has 0 amide bonds. The molecule has 1 N–H and O–H groups in total. The Kier molecular flexibility index (Phi) is 5.32. The number of hydrogen-bond donors (Lipinski definition) is 1. The zero-order valence-corrected chi connectivity index (χ0v) is 16.0. The van der Waals surface area contributed by atoms with Crippen molar-refractivity contribution in [2.24, 2.45) is 0 Å². The van der Waals surface area contributed by atoms with Gasteiger partial charge in [-0.2, -0.15) is 13.2 Å². The summed E-state index contributed by atoms with van der Waals surface area (Å²) in [5.74, 6) is 0.339. The van der Waals surface area contributed by atoms with Crippen molar-refractivity contribution in [3.8, 4) is 5.75 Å². The quantitative estimate of drug-likeness (QED) is 0.708. The molecule has 1 atom stereocenters. The number of hydrogen-bond acceptors (Lipinski definition) is 4. The van der Waals surface area contributed by atoms with Crippen molar-refractivity contribution in [3.05, 3.63) is 65.9 Å². The van der Waals surface area contributed by atoms with E-state index in [9.17, 15) is 13.2 Å². The maximum Gasteiger partial charge on any atom is 0.433 e. The van der Waals surface area contributed by atoms with E-state index in [0.29, 0.717) is 11.1 Å². The van der Waals surface area contributed by atoms with Gasteiger partial charge in [0.15, 0.2) is 0 Å². The number of alkyl halides is 3. The summed E-state index contributed by atoms with van der Waals surface area (Å²) in [6, 6.07) is 16.6. The van der Waals surface area contributed by atoms with Crippen LogP contribution in [-0.2, 0) is 12.6 Å². The number of pyridine rings is 1. The smallest absolute Gasteiger partial charge is 0.433 e. The lowest BCUT2D eigenvalue weighted by Gasteiger charge is -2.36. The minimum atomic E-state index is -4.50. The Balaban J connectivity index is 1.66. The van der Waals surface area contributed by atoms with E-state index in [0.717, 1.165) is 37.8 Å². The van der Waals surface area contributed by atoms with Crippen molar-refractivity contribution in [2.45, 2.75) is 18.6 Å². The van der Waals surface area contributed by atoms with Crippen LogP contribution in [0, 0.1) is 0 Å². The van der Waals surface area contributed by atoms with E-state index in [-0.39, 0.29) is 11.6 Å². The summed E-state index contributed by atoms with van der Waals surface area (Å²) in [5.41, 5.74) is 1.45. The van der Waals surface area contributed by atoms with E-state index < -0.39 is 11.9 Å². The highest BCUT2D eigenvalue weighted by atomic mass is 19.4. The molecular weight excluding hydrogens is 379 g/mol. The summed E-state index contributed by atoms with van der Waals surface area (Å²) in [7, 11) is 1.44. The van der Waals surface area contributed by atoms with Crippen LogP contribution in [0.4, 0.5) is 18.9 Å². The van der Waals surface area contributed by atoms with E-state index in [1.165, 1.54) is 18.7 Å². The molecule has 0 spiro atoms. The van der Waals surface area contributed by atoms with Crippen LogP contribution < -0.4 is 15.0 Å². The molecule has 1 saturated heterocycles. The first-order chi connectivity index (χ1) is 14.0. The van der Waals surface area contributed by atoms with Crippen molar-refractivity contribution in [1.29, 1.82) is 0 Å². The normalized spacial score (nSPS) is 17.5.